The molecule has 0 aliphatic heterocycles. The Morgan fingerprint density at radius 2 is 1.82 bits per heavy atom. The van der Waals surface area contributed by atoms with Gasteiger partial charge >= 0.3 is 0 Å². The lowest BCUT2D eigenvalue weighted by molar-refractivity contribution is -0.113. The van der Waals surface area contributed by atoms with Gasteiger partial charge in [-0.05, 0) is 37.1 Å². The van der Waals surface area contributed by atoms with Crippen molar-refractivity contribution in [1.29, 1.82) is 0 Å². The number of hydrogen-bond acceptors (Lipinski definition) is 5. The van der Waals surface area contributed by atoms with Gasteiger partial charge in [-0.1, -0.05) is 76.9 Å². The number of carbonyl (C=O) groups is 1. The van der Waals surface area contributed by atoms with Crippen LogP contribution in [0.1, 0.15) is 16.7 Å². The third-order valence-corrected chi connectivity index (χ3v) is 6.90. The van der Waals surface area contributed by atoms with Gasteiger partial charge in [0.15, 0.2) is 11.0 Å². The quantitative estimate of drug-likeness (QED) is 0.280. The first-order chi connectivity index (χ1) is 15.8. The molecule has 0 fully saturated rings. The molecule has 4 rings (SSSR count). The molecule has 4 aromatic rings. The van der Waals surface area contributed by atoms with Gasteiger partial charge in [-0.25, -0.2) is 9.97 Å². The summed E-state index contributed by atoms with van der Waals surface area (Å²) in [6.45, 7) is 4.11. The van der Waals surface area contributed by atoms with Gasteiger partial charge in [-0.3, -0.25) is 14.2 Å². The number of benzene rings is 2. The van der Waals surface area contributed by atoms with E-state index in [0.717, 1.165) is 11.1 Å². The van der Waals surface area contributed by atoms with Crippen molar-refractivity contribution in [3.8, 4) is 0 Å². The average Bonchev–Trinajstić information content (AvgIpc) is 2.81. The van der Waals surface area contributed by atoms with E-state index in [4.69, 9.17) is 23.2 Å². The van der Waals surface area contributed by atoms with Crippen molar-refractivity contribution >= 4 is 57.6 Å². The number of nitrogens with one attached hydrogen (secondary N) is 1. The van der Waals surface area contributed by atoms with Crippen LogP contribution >= 0.6 is 35.0 Å². The minimum Gasteiger partial charge on any atom is -0.309 e. The number of anilines is 1. The molecule has 33 heavy (non-hydrogen) atoms. The number of amides is 1. The number of hydrogen-bond donors (Lipinski definition) is 1. The van der Waals surface area contributed by atoms with Gasteiger partial charge in [0.2, 0.25) is 5.91 Å². The fourth-order valence-corrected chi connectivity index (χ4v) is 4.40. The number of fused-ring (bicyclic) bond motifs is 1. The molecule has 0 aliphatic rings. The van der Waals surface area contributed by atoms with E-state index in [9.17, 15) is 9.59 Å². The largest absolute Gasteiger partial charge is 0.309 e. The van der Waals surface area contributed by atoms with E-state index in [-0.39, 0.29) is 23.0 Å². The molecule has 0 bridgehead atoms. The number of carbonyl (C=O) groups excluding carboxylic acids is 1. The van der Waals surface area contributed by atoms with Gasteiger partial charge in [-0.2, -0.15) is 0 Å². The Bertz CT molecular complexity index is 1400. The molecule has 2 aromatic heterocycles. The Balaban J connectivity index is 1.61. The lowest BCUT2D eigenvalue weighted by Gasteiger charge is -2.14. The molecule has 0 aliphatic carbocycles. The van der Waals surface area contributed by atoms with Crippen molar-refractivity contribution < 1.29 is 4.79 Å². The average molecular weight is 499 g/mol. The molecule has 0 saturated carbocycles. The van der Waals surface area contributed by atoms with Gasteiger partial charge in [0.1, 0.15) is 0 Å². The fraction of sp³-hybridized carbons (Fsp3) is 0.167. The van der Waals surface area contributed by atoms with Crippen molar-refractivity contribution in [1.82, 2.24) is 14.5 Å². The molecule has 1 N–H and O–H groups in total. The van der Waals surface area contributed by atoms with Crippen LogP contribution in [0.5, 0.6) is 0 Å². The normalized spacial score (nSPS) is 11.0. The second-order valence-corrected chi connectivity index (χ2v) is 9.25. The van der Waals surface area contributed by atoms with E-state index < -0.39 is 0 Å². The van der Waals surface area contributed by atoms with Crippen LogP contribution in [-0.2, 0) is 11.3 Å². The lowest BCUT2D eigenvalue weighted by atomic mass is 10.1. The Morgan fingerprint density at radius 3 is 2.58 bits per heavy atom. The molecule has 9 heteroatoms. The van der Waals surface area contributed by atoms with E-state index in [0.29, 0.717) is 38.2 Å². The second-order valence-electron chi connectivity index (χ2n) is 7.52. The first kappa shape index (κ1) is 23.3. The third kappa shape index (κ3) is 5.21. The maximum atomic E-state index is 13.2. The molecule has 0 radical (unpaired) electrons. The number of rotatable bonds is 6. The van der Waals surface area contributed by atoms with E-state index in [1.807, 2.05) is 43.3 Å². The number of pyridine rings is 1. The van der Waals surface area contributed by atoms with Crippen LogP contribution in [0.25, 0.3) is 10.9 Å². The van der Waals surface area contributed by atoms with Gasteiger partial charge < -0.3 is 5.32 Å². The summed E-state index contributed by atoms with van der Waals surface area (Å²) >= 11 is 13.4. The number of aromatic nitrogens is 3. The number of para-hydroxylation sites is 1. The fourth-order valence-electron chi connectivity index (χ4n) is 3.22. The van der Waals surface area contributed by atoms with Crippen LogP contribution in [0.2, 0.25) is 10.0 Å². The first-order valence-electron chi connectivity index (χ1n) is 10.1. The summed E-state index contributed by atoms with van der Waals surface area (Å²) in [6.07, 6.45) is 1.44. The maximum Gasteiger partial charge on any atom is 0.262 e. The number of nitrogens with zero attached hydrogens (tertiary/aromatic N) is 3. The summed E-state index contributed by atoms with van der Waals surface area (Å²) in [5, 5.41) is 4.41. The summed E-state index contributed by atoms with van der Waals surface area (Å²) in [4.78, 5) is 34.6. The van der Waals surface area contributed by atoms with Crippen molar-refractivity contribution in [2.75, 3.05) is 11.1 Å². The van der Waals surface area contributed by atoms with Gasteiger partial charge in [0, 0.05) is 6.20 Å². The molecule has 0 atom stereocenters. The van der Waals surface area contributed by atoms with Crippen molar-refractivity contribution in [2.45, 2.75) is 25.5 Å². The molecule has 0 spiro atoms. The highest BCUT2D eigenvalue weighted by molar-refractivity contribution is 7.99. The maximum absolute atomic E-state index is 13.2. The minimum absolute atomic E-state index is 0.0262. The molecule has 2 aromatic carbocycles. The zero-order chi connectivity index (χ0) is 23.5. The van der Waals surface area contributed by atoms with Crippen LogP contribution in [0.3, 0.4) is 0 Å². The first-order valence-corrected chi connectivity index (χ1v) is 11.9. The molecular weight excluding hydrogens is 479 g/mol. The Morgan fingerprint density at radius 1 is 1.09 bits per heavy atom. The van der Waals surface area contributed by atoms with E-state index in [1.165, 1.54) is 18.0 Å². The number of aryl methyl sites for hydroxylation is 1. The van der Waals surface area contributed by atoms with E-state index in [1.54, 1.807) is 23.6 Å². The van der Waals surface area contributed by atoms with Crippen LogP contribution in [-0.4, -0.2) is 26.2 Å². The second kappa shape index (κ2) is 9.95. The summed E-state index contributed by atoms with van der Waals surface area (Å²) in [5.74, 6) is -0.0497. The molecule has 2 heterocycles. The third-order valence-electron chi connectivity index (χ3n) is 5.08. The van der Waals surface area contributed by atoms with Crippen LogP contribution in [0.4, 0.5) is 5.82 Å². The predicted molar refractivity (Wildman–Crippen MR) is 135 cm³/mol. The van der Waals surface area contributed by atoms with Gasteiger partial charge in [0.25, 0.3) is 5.56 Å². The van der Waals surface area contributed by atoms with Gasteiger partial charge in [0.05, 0.1) is 33.2 Å². The van der Waals surface area contributed by atoms with Crippen molar-refractivity contribution in [3.05, 3.63) is 91.8 Å². The smallest absolute Gasteiger partial charge is 0.262 e. The summed E-state index contributed by atoms with van der Waals surface area (Å²) in [6, 6.07) is 15.2. The Labute approximate surface area is 205 Å². The molecule has 0 saturated heterocycles. The highest BCUT2D eigenvalue weighted by Crippen LogP contribution is 2.29. The molecule has 168 valence electrons. The summed E-state index contributed by atoms with van der Waals surface area (Å²) in [5.41, 5.74) is 3.18. The standard InChI is InChI=1S/C24H20Cl2N4O2S/c1-14-7-9-16(10-8-14)12-30-23(32)17-5-3-4-6-19(17)28-24(30)33-13-20(31)29-22-21(26)15(2)18(25)11-27-22/h3-11H,12-13H2,1-2H3,(H,27,29,31). The lowest BCUT2D eigenvalue weighted by Crippen LogP contribution is -2.25. The highest BCUT2D eigenvalue weighted by Gasteiger charge is 2.16. The summed E-state index contributed by atoms with van der Waals surface area (Å²) < 4.78 is 1.60. The number of halogens is 2. The van der Waals surface area contributed by atoms with E-state index in [2.05, 4.69) is 15.3 Å². The molecular formula is C24H20Cl2N4O2S. The zero-order valence-corrected chi connectivity index (χ0v) is 20.3. The van der Waals surface area contributed by atoms with Crippen LogP contribution in [0, 0.1) is 13.8 Å². The minimum atomic E-state index is -0.319. The monoisotopic (exact) mass is 498 g/mol. The van der Waals surface area contributed by atoms with E-state index >= 15 is 0 Å². The Hall–Kier alpha value is -2.87. The zero-order valence-electron chi connectivity index (χ0n) is 17.9. The highest BCUT2D eigenvalue weighted by atomic mass is 35.5. The number of thioether (sulfide) groups is 1. The molecule has 0 unspecified atom stereocenters. The Kier molecular flexibility index (Phi) is 7.02. The van der Waals surface area contributed by atoms with Crippen LogP contribution in [0.15, 0.2) is 64.7 Å². The van der Waals surface area contributed by atoms with Crippen LogP contribution < -0.4 is 10.9 Å². The molecule has 1 amide bonds. The predicted octanol–water partition coefficient (Wildman–Crippen LogP) is 5.49. The van der Waals surface area contributed by atoms with Crippen molar-refractivity contribution in [3.63, 3.8) is 0 Å². The topological polar surface area (TPSA) is 76.9 Å². The SMILES string of the molecule is Cc1ccc(Cn2c(SCC(=O)Nc3ncc(Cl)c(C)c3Cl)nc3ccccc3c2=O)cc1. The van der Waals surface area contributed by atoms with Crippen molar-refractivity contribution in [2.24, 2.45) is 0 Å². The van der Waals surface area contributed by atoms with Gasteiger partial charge in [-0.15, -0.1) is 0 Å². The summed E-state index contributed by atoms with van der Waals surface area (Å²) in [7, 11) is 0. The molecule has 6 nitrogen and oxygen atoms in total.